The van der Waals surface area contributed by atoms with E-state index in [1.165, 1.54) is 12.1 Å². The van der Waals surface area contributed by atoms with Gasteiger partial charge in [-0.1, -0.05) is 36.4 Å². The summed E-state index contributed by atoms with van der Waals surface area (Å²) in [6.07, 6.45) is 0.347. The molecule has 4 N–H and O–H groups in total. The summed E-state index contributed by atoms with van der Waals surface area (Å²) in [6, 6.07) is 12.5. The minimum atomic E-state index is -0.950. The Hall–Kier alpha value is -2.53. The van der Waals surface area contributed by atoms with Crippen LogP contribution < -0.4 is 5.32 Å². The van der Waals surface area contributed by atoms with Crippen molar-refractivity contribution in [3.8, 4) is 11.5 Å². The molecule has 0 aliphatic rings. The van der Waals surface area contributed by atoms with Crippen LogP contribution in [0.3, 0.4) is 0 Å². The Morgan fingerprint density at radius 3 is 2.41 bits per heavy atom. The minimum absolute atomic E-state index is 0.0347. The number of carbonyl (C=O) groups is 1. The van der Waals surface area contributed by atoms with E-state index in [0.29, 0.717) is 12.0 Å². The smallest absolute Gasteiger partial charge is 0.321 e. The molecule has 0 fully saturated rings. The fraction of sp³-hybridized carbons (Fsp3) is 0.235. The number of carboxylic acids is 1. The Morgan fingerprint density at radius 1 is 1.14 bits per heavy atom. The zero-order chi connectivity index (χ0) is 16.1. The summed E-state index contributed by atoms with van der Waals surface area (Å²) >= 11 is 0. The van der Waals surface area contributed by atoms with Crippen LogP contribution in [0.1, 0.15) is 24.1 Å². The zero-order valence-electron chi connectivity index (χ0n) is 12.2. The number of aliphatic carboxylic acids is 1. The van der Waals surface area contributed by atoms with Gasteiger partial charge in [0.05, 0.1) is 0 Å². The van der Waals surface area contributed by atoms with E-state index in [0.717, 1.165) is 5.56 Å². The second kappa shape index (κ2) is 6.95. The molecule has 2 unspecified atom stereocenters. The average Bonchev–Trinajstić information content (AvgIpc) is 2.47. The lowest BCUT2D eigenvalue weighted by Gasteiger charge is -2.21. The molecule has 0 amide bonds. The van der Waals surface area contributed by atoms with Crippen molar-refractivity contribution in [2.24, 2.45) is 0 Å². The number of rotatable bonds is 6. The first-order chi connectivity index (χ1) is 10.5. The van der Waals surface area contributed by atoms with Gasteiger partial charge in [-0.2, -0.15) is 0 Å². The van der Waals surface area contributed by atoms with E-state index in [9.17, 15) is 20.1 Å². The monoisotopic (exact) mass is 301 g/mol. The van der Waals surface area contributed by atoms with Gasteiger partial charge in [-0.05, 0) is 25.0 Å². The van der Waals surface area contributed by atoms with Crippen molar-refractivity contribution < 1.29 is 20.1 Å². The van der Waals surface area contributed by atoms with Crippen molar-refractivity contribution in [3.63, 3.8) is 0 Å². The lowest BCUT2D eigenvalue weighted by Crippen LogP contribution is -2.40. The molecular weight excluding hydrogens is 282 g/mol. The van der Waals surface area contributed by atoms with Crippen LogP contribution >= 0.6 is 0 Å². The molecule has 0 aromatic heterocycles. The predicted molar refractivity (Wildman–Crippen MR) is 82.9 cm³/mol. The van der Waals surface area contributed by atoms with Crippen molar-refractivity contribution in [2.45, 2.75) is 25.4 Å². The van der Waals surface area contributed by atoms with Crippen LogP contribution in [0, 0.1) is 0 Å². The first-order valence-electron chi connectivity index (χ1n) is 7.02. The maximum absolute atomic E-state index is 11.4. The number of hydrogen-bond acceptors (Lipinski definition) is 4. The molecule has 2 atom stereocenters. The van der Waals surface area contributed by atoms with Gasteiger partial charge in [-0.3, -0.25) is 10.1 Å². The molecule has 0 aliphatic heterocycles. The first-order valence-corrected chi connectivity index (χ1v) is 7.02. The molecule has 5 nitrogen and oxygen atoms in total. The summed E-state index contributed by atoms with van der Waals surface area (Å²) < 4.78 is 0. The summed E-state index contributed by atoms with van der Waals surface area (Å²) in [5, 5.41) is 31.5. The van der Waals surface area contributed by atoms with Crippen LogP contribution in [0.2, 0.25) is 0 Å². The van der Waals surface area contributed by atoms with Gasteiger partial charge in [0.15, 0.2) is 0 Å². The van der Waals surface area contributed by atoms with Crippen molar-refractivity contribution in [2.75, 3.05) is 0 Å². The Kier molecular flexibility index (Phi) is 5.01. The minimum Gasteiger partial charge on any atom is -0.508 e. The van der Waals surface area contributed by atoms with Gasteiger partial charge in [0.1, 0.15) is 17.5 Å². The summed E-state index contributed by atoms with van der Waals surface area (Å²) in [4.78, 5) is 11.4. The van der Waals surface area contributed by atoms with Crippen molar-refractivity contribution in [1.29, 1.82) is 0 Å². The molecule has 2 aromatic carbocycles. The maximum Gasteiger partial charge on any atom is 0.321 e. The average molecular weight is 301 g/mol. The van der Waals surface area contributed by atoms with Crippen LogP contribution in [0.25, 0.3) is 0 Å². The summed E-state index contributed by atoms with van der Waals surface area (Å²) in [5.41, 5.74) is 1.46. The molecule has 0 saturated carbocycles. The van der Waals surface area contributed by atoms with Crippen LogP contribution in [0.4, 0.5) is 0 Å². The molecule has 116 valence electrons. The zero-order valence-corrected chi connectivity index (χ0v) is 12.2. The number of benzene rings is 2. The van der Waals surface area contributed by atoms with Crippen molar-refractivity contribution >= 4 is 5.97 Å². The topological polar surface area (TPSA) is 89.8 Å². The third-order valence-corrected chi connectivity index (χ3v) is 3.51. The Bertz CT molecular complexity index is 642. The number of aromatic hydroxyl groups is 2. The first kappa shape index (κ1) is 15.9. The van der Waals surface area contributed by atoms with E-state index < -0.39 is 12.0 Å². The largest absolute Gasteiger partial charge is 0.508 e. The fourth-order valence-corrected chi connectivity index (χ4v) is 2.36. The number of phenols is 2. The lowest BCUT2D eigenvalue weighted by atomic mass is 10.0. The highest BCUT2D eigenvalue weighted by atomic mass is 16.4. The highest BCUT2D eigenvalue weighted by Gasteiger charge is 2.22. The van der Waals surface area contributed by atoms with E-state index in [-0.39, 0.29) is 17.5 Å². The van der Waals surface area contributed by atoms with Crippen LogP contribution in [0.15, 0.2) is 48.5 Å². The number of nitrogens with one attached hydrogen (secondary N) is 1. The van der Waals surface area contributed by atoms with Crippen molar-refractivity contribution in [1.82, 2.24) is 5.32 Å². The number of hydrogen-bond donors (Lipinski definition) is 4. The molecule has 5 heteroatoms. The van der Waals surface area contributed by atoms with Gasteiger partial charge in [-0.25, -0.2) is 0 Å². The van der Waals surface area contributed by atoms with E-state index in [1.807, 2.05) is 30.3 Å². The summed E-state index contributed by atoms with van der Waals surface area (Å²) in [7, 11) is 0. The molecule has 2 rings (SSSR count). The lowest BCUT2D eigenvalue weighted by molar-refractivity contribution is -0.139. The van der Waals surface area contributed by atoms with Gasteiger partial charge in [0, 0.05) is 17.7 Å². The molecule has 0 aliphatic carbocycles. The van der Waals surface area contributed by atoms with E-state index in [4.69, 9.17) is 0 Å². The van der Waals surface area contributed by atoms with Crippen LogP contribution in [-0.4, -0.2) is 27.3 Å². The third-order valence-electron chi connectivity index (χ3n) is 3.51. The van der Waals surface area contributed by atoms with E-state index >= 15 is 0 Å². The van der Waals surface area contributed by atoms with Crippen molar-refractivity contribution in [3.05, 3.63) is 59.7 Å². The van der Waals surface area contributed by atoms with Gasteiger partial charge in [-0.15, -0.1) is 0 Å². The summed E-state index contributed by atoms with van der Waals surface area (Å²) in [5.74, 6) is -1.05. The van der Waals surface area contributed by atoms with Gasteiger partial charge >= 0.3 is 5.97 Å². The molecule has 0 bridgehead atoms. The summed E-state index contributed by atoms with van der Waals surface area (Å²) in [6.45, 7) is 1.77. The molecule has 0 saturated heterocycles. The molecule has 0 spiro atoms. The van der Waals surface area contributed by atoms with E-state index in [2.05, 4.69) is 5.32 Å². The molecular formula is C17H19NO4. The third kappa shape index (κ3) is 3.99. The molecule has 0 radical (unpaired) electrons. The Labute approximate surface area is 128 Å². The maximum atomic E-state index is 11.4. The Balaban J connectivity index is 2.12. The second-order valence-electron chi connectivity index (χ2n) is 5.21. The quantitative estimate of drug-likeness (QED) is 0.658. The highest BCUT2D eigenvalue weighted by Crippen LogP contribution is 2.28. The van der Waals surface area contributed by atoms with Crippen LogP contribution in [-0.2, 0) is 11.2 Å². The Morgan fingerprint density at radius 2 is 1.82 bits per heavy atom. The van der Waals surface area contributed by atoms with Crippen LogP contribution in [0.5, 0.6) is 11.5 Å². The number of phenolic OH excluding ortho intramolecular Hbond substituents is 2. The standard InChI is InChI=1S/C17H19NO4/c1-11(14-8-7-13(19)10-16(14)20)18-15(17(21)22)9-12-5-3-2-4-6-12/h2-8,10-11,15,18-20H,9H2,1H3,(H,21,22). The predicted octanol–water partition coefficient (Wildman–Crippen LogP) is 2.44. The highest BCUT2D eigenvalue weighted by molar-refractivity contribution is 5.74. The SMILES string of the molecule is CC(NC(Cc1ccccc1)C(=O)O)c1ccc(O)cc1O. The van der Waals surface area contributed by atoms with E-state index in [1.54, 1.807) is 13.0 Å². The van der Waals surface area contributed by atoms with Gasteiger partial charge in [0.25, 0.3) is 0 Å². The second-order valence-corrected chi connectivity index (χ2v) is 5.21. The molecule has 0 heterocycles. The molecule has 2 aromatic rings. The molecule has 22 heavy (non-hydrogen) atoms. The number of carboxylic acid groups (broad SMARTS) is 1. The normalized spacial score (nSPS) is 13.5. The van der Waals surface area contributed by atoms with Gasteiger partial charge < -0.3 is 15.3 Å². The fourth-order valence-electron chi connectivity index (χ4n) is 2.36. The van der Waals surface area contributed by atoms with Gasteiger partial charge in [0.2, 0.25) is 0 Å².